The predicted molar refractivity (Wildman–Crippen MR) is 95.2 cm³/mol. The summed E-state index contributed by atoms with van der Waals surface area (Å²) in [7, 11) is -4.06. The first kappa shape index (κ1) is 19.2. The molecule has 0 saturated heterocycles. The highest BCUT2D eigenvalue weighted by atomic mass is 35.5. The summed E-state index contributed by atoms with van der Waals surface area (Å²) in [5.74, 6) is 0. The Balaban J connectivity index is 2.56. The molecule has 0 aliphatic carbocycles. The van der Waals surface area contributed by atoms with Crippen LogP contribution in [0.4, 0.5) is 11.4 Å². The van der Waals surface area contributed by atoms with Crippen LogP contribution in [0, 0.1) is 17.0 Å². The Labute approximate surface area is 150 Å². The van der Waals surface area contributed by atoms with Crippen LogP contribution in [0.25, 0.3) is 0 Å². The van der Waals surface area contributed by atoms with Crippen molar-refractivity contribution in [3.63, 3.8) is 0 Å². The molecule has 25 heavy (non-hydrogen) atoms. The second-order valence-corrected chi connectivity index (χ2v) is 7.75. The molecule has 0 spiro atoms. The zero-order valence-electron chi connectivity index (χ0n) is 13.8. The van der Waals surface area contributed by atoms with Gasteiger partial charge in [0.05, 0.1) is 20.9 Å². The lowest BCUT2D eigenvalue weighted by molar-refractivity contribution is -0.384. The fourth-order valence-electron chi connectivity index (χ4n) is 2.00. The van der Waals surface area contributed by atoms with E-state index in [1.807, 2.05) is 6.92 Å². The van der Waals surface area contributed by atoms with E-state index in [0.717, 1.165) is 11.6 Å². The summed E-state index contributed by atoms with van der Waals surface area (Å²) in [4.78, 5) is 15.7. The van der Waals surface area contributed by atoms with E-state index in [4.69, 9.17) is 16.4 Å². The maximum atomic E-state index is 13.0. The summed E-state index contributed by atoms with van der Waals surface area (Å²) in [6, 6.07) is 9.74. The van der Waals surface area contributed by atoms with Crippen LogP contribution in [0.15, 0.2) is 47.4 Å². The summed E-state index contributed by atoms with van der Waals surface area (Å²) in [6.07, 6.45) is -0.466. The highest BCUT2D eigenvalue weighted by Gasteiger charge is 2.29. The van der Waals surface area contributed by atoms with Gasteiger partial charge in [0, 0.05) is 12.1 Å². The summed E-state index contributed by atoms with van der Waals surface area (Å²) >= 11 is 6.08. The van der Waals surface area contributed by atoms with Gasteiger partial charge in [-0.05, 0) is 39.0 Å². The molecule has 0 N–H and O–H groups in total. The van der Waals surface area contributed by atoms with E-state index in [9.17, 15) is 18.5 Å². The predicted octanol–water partition coefficient (Wildman–Crippen LogP) is 4.09. The smallest absolute Gasteiger partial charge is 0.258 e. The van der Waals surface area contributed by atoms with E-state index in [1.165, 1.54) is 24.3 Å². The molecule has 0 fully saturated rings. The Morgan fingerprint density at radius 3 is 2.24 bits per heavy atom. The van der Waals surface area contributed by atoms with Crippen molar-refractivity contribution in [3.05, 3.63) is 63.2 Å². The van der Waals surface area contributed by atoms with Crippen molar-refractivity contribution in [3.8, 4) is 0 Å². The van der Waals surface area contributed by atoms with Crippen molar-refractivity contribution in [1.29, 1.82) is 0 Å². The molecule has 0 atom stereocenters. The number of sulfonamides is 1. The topological polar surface area (TPSA) is 89.8 Å². The third-order valence-electron chi connectivity index (χ3n) is 3.18. The quantitative estimate of drug-likeness (QED) is 0.552. The van der Waals surface area contributed by atoms with Crippen LogP contribution in [0.3, 0.4) is 0 Å². The zero-order valence-corrected chi connectivity index (χ0v) is 15.4. The molecule has 7 nitrogen and oxygen atoms in total. The number of hydrogen-bond acceptors (Lipinski definition) is 5. The molecule has 0 radical (unpaired) electrons. The van der Waals surface area contributed by atoms with E-state index in [-0.39, 0.29) is 21.3 Å². The minimum absolute atomic E-state index is 0.00143. The first-order valence-corrected chi connectivity index (χ1v) is 9.17. The van der Waals surface area contributed by atoms with Crippen molar-refractivity contribution in [2.45, 2.75) is 31.8 Å². The Bertz CT molecular complexity index is 882. The van der Waals surface area contributed by atoms with Crippen molar-refractivity contribution in [1.82, 2.24) is 0 Å². The van der Waals surface area contributed by atoms with Gasteiger partial charge < -0.3 is 0 Å². The number of nitro groups is 1. The molecule has 2 rings (SSSR count). The molecular formula is C16H17ClN2O5S. The summed E-state index contributed by atoms with van der Waals surface area (Å²) < 4.78 is 26.6. The standard InChI is InChI=1S/C16H17ClN2O5S/c1-11(2)24-19(16-9-6-13(18(20)21)10-15(16)17)25(22,23)14-7-4-12(3)5-8-14/h4-11H,1-3H3. The number of hydrogen-bond donors (Lipinski definition) is 0. The SMILES string of the molecule is Cc1ccc(S(=O)(=O)N(OC(C)C)c2ccc([N+](=O)[O-])cc2Cl)cc1. The third-order valence-corrected chi connectivity index (χ3v) is 5.07. The molecule has 134 valence electrons. The second-order valence-electron chi connectivity index (χ2n) is 5.59. The van der Waals surface area contributed by atoms with E-state index in [2.05, 4.69) is 0 Å². The van der Waals surface area contributed by atoms with Crippen molar-refractivity contribution < 1.29 is 18.2 Å². The molecule has 0 unspecified atom stereocenters. The molecule has 0 heterocycles. The van der Waals surface area contributed by atoms with E-state index < -0.39 is 21.1 Å². The van der Waals surface area contributed by atoms with Crippen molar-refractivity contribution in [2.75, 3.05) is 4.47 Å². The number of anilines is 1. The third kappa shape index (κ3) is 4.28. The summed E-state index contributed by atoms with van der Waals surface area (Å²) in [5.41, 5.74) is 0.663. The van der Waals surface area contributed by atoms with Gasteiger partial charge in [0.25, 0.3) is 15.7 Å². The van der Waals surface area contributed by atoms with Gasteiger partial charge in [0.2, 0.25) is 0 Å². The fraction of sp³-hybridized carbons (Fsp3) is 0.250. The van der Waals surface area contributed by atoms with Crippen molar-refractivity contribution in [2.24, 2.45) is 0 Å². The number of nitro benzene ring substituents is 1. The number of non-ortho nitro benzene ring substituents is 1. The van der Waals surface area contributed by atoms with Gasteiger partial charge in [0.15, 0.2) is 0 Å². The first-order chi connectivity index (χ1) is 11.6. The molecule has 0 amide bonds. The largest absolute Gasteiger partial charge is 0.286 e. The van der Waals surface area contributed by atoms with Crippen LogP contribution in [0.2, 0.25) is 5.02 Å². The van der Waals surface area contributed by atoms with Gasteiger partial charge in [-0.3, -0.25) is 15.0 Å². The molecule has 0 saturated carbocycles. The highest BCUT2D eigenvalue weighted by Crippen LogP contribution is 2.34. The summed E-state index contributed by atoms with van der Waals surface area (Å²) in [6.45, 7) is 5.17. The Morgan fingerprint density at radius 1 is 1.16 bits per heavy atom. The van der Waals surface area contributed by atoms with E-state index in [1.54, 1.807) is 26.0 Å². The lowest BCUT2D eigenvalue weighted by atomic mass is 10.2. The van der Waals surface area contributed by atoms with E-state index >= 15 is 0 Å². The number of halogens is 1. The lowest BCUT2D eigenvalue weighted by Crippen LogP contribution is -2.34. The van der Waals surface area contributed by atoms with Crippen LogP contribution in [-0.2, 0) is 14.9 Å². The van der Waals surface area contributed by atoms with Gasteiger partial charge in [-0.2, -0.15) is 8.42 Å². The van der Waals surface area contributed by atoms with Gasteiger partial charge in [-0.15, -0.1) is 4.47 Å². The number of nitrogens with zero attached hydrogens (tertiary/aromatic N) is 2. The van der Waals surface area contributed by atoms with Crippen molar-refractivity contribution >= 4 is 33.0 Å². The van der Waals surface area contributed by atoms with Crippen LogP contribution in [-0.4, -0.2) is 19.4 Å². The van der Waals surface area contributed by atoms with Gasteiger partial charge in [-0.1, -0.05) is 29.3 Å². The molecule has 9 heteroatoms. The average molecular weight is 385 g/mol. The lowest BCUT2D eigenvalue weighted by Gasteiger charge is -2.26. The number of aryl methyl sites for hydroxylation is 1. The number of benzene rings is 2. The summed E-state index contributed by atoms with van der Waals surface area (Å²) in [5, 5.41) is 10.7. The first-order valence-electron chi connectivity index (χ1n) is 7.35. The molecular weight excluding hydrogens is 368 g/mol. The molecule has 2 aromatic rings. The van der Waals surface area contributed by atoms with Crippen LogP contribution in [0.5, 0.6) is 0 Å². The van der Waals surface area contributed by atoms with Gasteiger partial charge in [0.1, 0.15) is 5.69 Å². The second kappa shape index (κ2) is 7.38. The van der Waals surface area contributed by atoms with Gasteiger partial charge in [-0.25, -0.2) is 0 Å². The Morgan fingerprint density at radius 2 is 1.76 bits per heavy atom. The van der Waals surface area contributed by atoms with E-state index in [0.29, 0.717) is 4.47 Å². The Hall–Kier alpha value is -2.16. The molecule has 0 aromatic heterocycles. The molecule has 0 aliphatic rings. The van der Waals surface area contributed by atoms with Gasteiger partial charge >= 0.3 is 0 Å². The number of rotatable bonds is 6. The normalized spacial score (nSPS) is 11.6. The molecule has 0 bridgehead atoms. The maximum absolute atomic E-state index is 13.0. The zero-order chi connectivity index (χ0) is 18.8. The maximum Gasteiger partial charge on any atom is 0.286 e. The molecule has 2 aromatic carbocycles. The minimum atomic E-state index is -4.06. The monoisotopic (exact) mass is 384 g/mol. The van der Waals surface area contributed by atoms with Crippen LogP contribution < -0.4 is 4.47 Å². The average Bonchev–Trinajstić information content (AvgIpc) is 2.53. The highest BCUT2D eigenvalue weighted by molar-refractivity contribution is 7.92. The fourth-order valence-corrected chi connectivity index (χ4v) is 3.67. The Kier molecular flexibility index (Phi) is 5.66. The minimum Gasteiger partial charge on any atom is -0.258 e. The molecule has 0 aliphatic heterocycles. The van der Waals surface area contributed by atoms with Crippen LogP contribution in [0.1, 0.15) is 19.4 Å². The van der Waals surface area contributed by atoms with Crippen LogP contribution >= 0.6 is 11.6 Å².